The molecule has 4 aliphatic carbocycles. The van der Waals surface area contributed by atoms with Crippen LogP contribution in [-0.4, -0.2) is 42.7 Å². The maximum atomic E-state index is 4.82. The summed E-state index contributed by atoms with van der Waals surface area (Å²) in [5.41, 5.74) is 0.527. The minimum atomic E-state index is 0.527. The van der Waals surface area contributed by atoms with Gasteiger partial charge in [-0.3, -0.25) is 0 Å². The average Bonchev–Trinajstić information content (AvgIpc) is 3.08. The Morgan fingerprint density at radius 3 is 2.52 bits per heavy atom. The van der Waals surface area contributed by atoms with Gasteiger partial charge in [0.25, 0.3) is 0 Å². The number of aromatic nitrogens is 2. The summed E-state index contributed by atoms with van der Waals surface area (Å²) in [6.45, 7) is 3.19. The zero-order valence-electron chi connectivity index (χ0n) is 15.4. The van der Waals surface area contributed by atoms with Gasteiger partial charge in [0.1, 0.15) is 5.82 Å². The molecule has 4 bridgehead atoms. The highest BCUT2D eigenvalue weighted by molar-refractivity contribution is 5.44. The monoisotopic (exact) mass is 341 g/mol. The lowest BCUT2D eigenvalue weighted by Crippen LogP contribution is -2.49. The Hall–Kier alpha value is -1.36. The van der Waals surface area contributed by atoms with E-state index in [1.165, 1.54) is 44.9 Å². The van der Waals surface area contributed by atoms with Crippen molar-refractivity contribution in [2.45, 2.75) is 51.0 Å². The standard InChI is InChI=1S/C20H31N5/c1-21-17-3-5-25(12-17)18-2-4-22-19(24-18)23-13-20-9-14-6-15(10-20)8-16(7-14)11-20/h2,4,14-17,21H,3,5-13H2,1H3,(H,22,23,24)/t14-,15+,16-,17-,20-/m1/s1. The third-order valence-corrected chi connectivity index (χ3v) is 7.35. The number of likely N-dealkylation sites (N-methyl/N-ethyl adjacent to an activating group) is 1. The van der Waals surface area contributed by atoms with Crippen LogP contribution in [0, 0.1) is 23.2 Å². The molecule has 1 saturated heterocycles. The van der Waals surface area contributed by atoms with Gasteiger partial charge in [0.2, 0.25) is 5.95 Å². The number of hydrogen-bond acceptors (Lipinski definition) is 5. The Kier molecular flexibility index (Phi) is 3.88. The van der Waals surface area contributed by atoms with Crippen molar-refractivity contribution >= 4 is 11.8 Å². The summed E-state index contributed by atoms with van der Waals surface area (Å²) in [6.07, 6.45) is 11.9. The lowest BCUT2D eigenvalue weighted by atomic mass is 9.49. The molecule has 5 heteroatoms. The summed E-state index contributed by atoms with van der Waals surface area (Å²) in [7, 11) is 2.05. The molecule has 2 N–H and O–H groups in total. The molecule has 5 fully saturated rings. The van der Waals surface area contributed by atoms with Gasteiger partial charge in [0.15, 0.2) is 0 Å². The summed E-state index contributed by atoms with van der Waals surface area (Å²) in [6, 6.07) is 2.63. The molecule has 136 valence electrons. The minimum Gasteiger partial charge on any atom is -0.355 e. The normalized spacial score (nSPS) is 39.2. The van der Waals surface area contributed by atoms with E-state index in [0.717, 1.165) is 49.2 Å². The fourth-order valence-electron chi connectivity index (χ4n) is 6.59. The maximum Gasteiger partial charge on any atom is 0.224 e. The highest BCUT2D eigenvalue weighted by Gasteiger charge is 2.50. The summed E-state index contributed by atoms with van der Waals surface area (Å²) >= 11 is 0. The van der Waals surface area contributed by atoms with Crippen molar-refractivity contribution in [3.8, 4) is 0 Å². The first-order chi connectivity index (χ1) is 12.2. The zero-order valence-corrected chi connectivity index (χ0v) is 15.4. The fourth-order valence-corrected chi connectivity index (χ4v) is 6.59. The van der Waals surface area contributed by atoms with Crippen LogP contribution in [-0.2, 0) is 0 Å². The molecular formula is C20H31N5. The van der Waals surface area contributed by atoms with Crippen LogP contribution in [0.3, 0.4) is 0 Å². The Balaban J connectivity index is 1.25. The number of rotatable bonds is 5. The maximum absolute atomic E-state index is 4.82. The van der Waals surface area contributed by atoms with Crippen LogP contribution in [0.25, 0.3) is 0 Å². The second-order valence-electron chi connectivity index (χ2n) is 9.23. The molecule has 25 heavy (non-hydrogen) atoms. The van der Waals surface area contributed by atoms with Crippen LogP contribution in [0.5, 0.6) is 0 Å². The van der Waals surface area contributed by atoms with E-state index >= 15 is 0 Å². The van der Waals surface area contributed by atoms with E-state index in [-0.39, 0.29) is 0 Å². The van der Waals surface area contributed by atoms with Gasteiger partial charge in [0, 0.05) is 31.9 Å². The zero-order chi connectivity index (χ0) is 16.9. The van der Waals surface area contributed by atoms with Crippen LogP contribution in [0.2, 0.25) is 0 Å². The lowest BCUT2D eigenvalue weighted by molar-refractivity contribution is -0.0445. The molecule has 0 spiro atoms. The van der Waals surface area contributed by atoms with Crippen molar-refractivity contribution in [2.24, 2.45) is 23.2 Å². The van der Waals surface area contributed by atoms with Crippen LogP contribution < -0.4 is 15.5 Å². The van der Waals surface area contributed by atoms with Crippen LogP contribution in [0.4, 0.5) is 11.8 Å². The predicted octanol–water partition coefficient (Wildman–Crippen LogP) is 2.90. The quantitative estimate of drug-likeness (QED) is 0.862. The Labute approximate surface area is 151 Å². The van der Waals surface area contributed by atoms with Gasteiger partial charge in [-0.2, -0.15) is 4.98 Å². The van der Waals surface area contributed by atoms with Crippen molar-refractivity contribution in [1.29, 1.82) is 0 Å². The summed E-state index contributed by atoms with van der Waals surface area (Å²) < 4.78 is 0. The van der Waals surface area contributed by atoms with E-state index < -0.39 is 0 Å². The SMILES string of the molecule is CN[C@@H]1CCN(c2ccnc(NC[C@]34C[C@H]5C[C@H](C[C@H](C5)C3)C4)n2)C1. The summed E-state index contributed by atoms with van der Waals surface area (Å²) in [5.74, 6) is 4.90. The first-order valence-electron chi connectivity index (χ1n) is 10.2. The highest BCUT2D eigenvalue weighted by Crippen LogP contribution is 2.59. The molecule has 2 heterocycles. The second kappa shape index (κ2) is 6.11. The summed E-state index contributed by atoms with van der Waals surface area (Å²) in [4.78, 5) is 11.7. The molecule has 5 nitrogen and oxygen atoms in total. The van der Waals surface area contributed by atoms with Gasteiger partial charge in [-0.05, 0) is 81.2 Å². The van der Waals surface area contributed by atoms with Crippen LogP contribution in [0.1, 0.15) is 44.9 Å². The van der Waals surface area contributed by atoms with Crippen molar-refractivity contribution in [2.75, 3.05) is 36.9 Å². The number of nitrogens with zero attached hydrogens (tertiary/aromatic N) is 3. The van der Waals surface area contributed by atoms with Gasteiger partial charge < -0.3 is 15.5 Å². The molecule has 0 aromatic carbocycles. The van der Waals surface area contributed by atoms with Gasteiger partial charge >= 0.3 is 0 Å². The van der Waals surface area contributed by atoms with Crippen molar-refractivity contribution in [3.05, 3.63) is 12.3 Å². The summed E-state index contributed by atoms with van der Waals surface area (Å²) in [5, 5.41) is 7.00. The minimum absolute atomic E-state index is 0.527. The lowest BCUT2D eigenvalue weighted by Gasteiger charge is -2.56. The first-order valence-corrected chi connectivity index (χ1v) is 10.2. The number of hydrogen-bond donors (Lipinski definition) is 2. The fraction of sp³-hybridized carbons (Fsp3) is 0.800. The smallest absolute Gasteiger partial charge is 0.224 e. The van der Waals surface area contributed by atoms with E-state index in [9.17, 15) is 0 Å². The first kappa shape index (κ1) is 15.9. The largest absolute Gasteiger partial charge is 0.355 e. The Morgan fingerprint density at radius 1 is 1.16 bits per heavy atom. The van der Waals surface area contributed by atoms with E-state index in [4.69, 9.17) is 4.98 Å². The molecule has 5 aliphatic rings. The molecule has 6 rings (SSSR count). The third-order valence-electron chi connectivity index (χ3n) is 7.35. The van der Waals surface area contributed by atoms with Crippen molar-refractivity contribution < 1.29 is 0 Å². The number of anilines is 2. The van der Waals surface area contributed by atoms with E-state index in [2.05, 4.69) is 20.5 Å². The Morgan fingerprint density at radius 2 is 1.88 bits per heavy atom. The van der Waals surface area contributed by atoms with Crippen LogP contribution >= 0.6 is 0 Å². The van der Waals surface area contributed by atoms with E-state index in [1.54, 1.807) is 0 Å². The predicted molar refractivity (Wildman–Crippen MR) is 101 cm³/mol. The molecule has 0 amide bonds. The van der Waals surface area contributed by atoms with Gasteiger partial charge in [-0.15, -0.1) is 0 Å². The van der Waals surface area contributed by atoms with E-state index in [1.807, 2.05) is 19.3 Å². The number of nitrogens with one attached hydrogen (secondary N) is 2. The van der Waals surface area contributed by atoms with Gasteiger partial charge in [0.05, 0.1) is 0 Å². The molecule has 1 aromatic rings. The molecular weight excluding hydrogens is 310 g/mol. The molecule has 1 atom stereocenters. The van der Waals surface area contributed by atoms with E-state index in [0.29, 0.717) is 11.5 Å². The molecule has 4 saturated carbocycles. The molecule has 0 radical (unpaired) electrons. The average molecular weight is 342 g/mol. The second-order valence-corrected chi connectivity index (χ2v) is 9.23. The molecule has 1 aliphatic heterocycles. The van der Waals surface area contributed by atoms with Crippen LogP contribution in [0.15, 0.2) is 12.3 Å². The Bertz CT molecular complexity index is 595. The van der Waals surface area contributed by atoms with Crippen molar-refractivity contribution in [3.63, 3.8) is 0 Å². The van der Waals surface area contributed by atoms with Gasteiger partial charge in [-0.25, -0.2) is 4.98 Å². The molecule has 1 aromatic heterocycles. The third kappa shape index (κ3) is 3.01. The van der Waals surface area contributed by atoms with Gasteiger partial charge in [-0.1, -0.05) is 0 Å². The van der Waals surface area contributed by atoms with Crippen molar-refractivity contribution in [1.82, 2.24) is 15.3 Å². The topological polar surface area (TPSA) is 53.1 Å². The molecule has 0 unspecified atom stereocenters. The highest BCUT2D eigenvalue weighted by atomic mass is 15.3.